The molecule has 0 aliphatic heterocycles. The summed E-state index contributed by atoms with van der Waals surface area (Å²) in [5.74, 6) is -3.74. The summed E-state index contributed by atoms with van der Waals surface area (Å²) in [6.45, 7) is 20.2. The maximum absolute atomic E-state index is 14.1. The molecule has 16 heteroatoms. The Morgan fingerprint density at radius 2 is 0.410 bits per heavy atom. The molecule has 1 aliphatic rings. The molecule has 520 valence electrons. The predicted octanol–water partition coefficient (Wildman–Crippen LogP) is 14.8. The predicted molar refractivity (Wildman–Crippen MR) is 381 cm³/mol. The number of rotatable bonds is 24. The number of carbonyl (C=O) groups excluding carboxylic acids is 8. The van der Waals surface area contributed by atoms with Crippen molar-refractivity contribution in [3.8, 4) is 23.0 Å². The first-order chi connectivity index (χ1) is 47.4. The fraction of sp³-hybridized carbons (Fsp3) is 0.333. The molecule has 0 heterocycles. The summed E-state index contributed by atoms with van der Waals surface area (Å²) in [5, 5.41) is 0. The number of fused-ring (bicyclic) bond motifs is 8. The number of carbonyl (C=O) groups is 8. The average molecular weight is 1350 g/mol. The molecule has 8 aromatic rings. The molecule has 0 atom stereocenters. The van der Waals surface area contributed by atoms with Crippen LogP contribution in [0.3, 0.4) is 0 Å². The van der Waals surface area contributed by atoms with Gasteiger partial charge in [-0.2, -0.15) is 0 Å². The quantitative estimate of drug-likeness (QED) is 0.0313. The minimum absolute atomic E-state index is 0.0515. The normalized spacial score (nSPS) is 12.3. The fourth-order valence-corrected chi connectivity index (χ4v) is 11.5. The first kappa shape index (κ1) is 73.8. The van der Waals surface area contributed by atoms with Gasteiger partial charge in [0, 0.05) is 47.9 Å². The summed E-state index contributed by atoms with van der Waals surface area (Å²) in [7, 11) is 0. The highest BCUT2D eigenvalue weighted by molar-refractivity contribution is 6.00. The minimum atomic E-state index is -0.818. The van der Waals surface area contributed by atoms with Gasteiger partial charge in [0.15, 0.2) is 76.0 Å². The van der Waals surface area contributed by atoms with Crippen LogP contribution in [0.1, 0.15) is 191 Å². The summed E-state index contributed by atoms with van der Waals surface area (Å²) >= 11 is 0. The highest BCUT2D eigenvalue weighted by atomic mass is 16.6. The third-order valence-electron chi connectivity index (χ3n) is 17.1. The van der Waals surface area contributed by atoms with E-state index in [0.717, 1.165) is 22.3 Å². The second-order valence-corrected chi connectivity index (χ2v) is 29.2. The van der Waals surface area contributed by atoms with Crippen LogP contribution in [0.2, 0.25) is 0 Å². The molecular weight excluding hydrogens is 1260 g/mol. The molecule has 16 nitrogen and oxygen atoms in total. The molecule has 0 saturated heterocycles. The summed E-state index contributed by atoms with van der Waals surface area (Å²) in [5.41, 5.74) is 7.59. The first-order valence-corrected chi connectivity index (χ1v) is 33.5. The second kappa shape index (κ2) is 32.0. The lowest BCUT2D eigenvalue weighted by molar-refractivity contribution is -0.145. The molecule has 8 aromatic carbocycles. The zero-order valence-electron chi connectivity index (χ0n) is 59.2. The second-order valence-electron chi connectivity index (χ2n) is 29.2. The van der Waals surface area contributed by atoms with Gasteiger partial charge in [0.25, 0.3) is 0 Å². The Kier molecular flexibility index (Phi) is 23.6. The highest BCUT2D eigenvalue weighted by Gasteiger charge is 2.31. The van der Waals surface area contributed by atoms with Crippen LogP contribution in [0.25, 0.3) is 0 Å². The van der Waals surface area contributed by atoms with Crippen molar-refractivity contribution in [2.24, 2.45) is 0 Å². The average Bonchev–Trinajstić information content (AvgIpc) is 0.766. The molecule has 0 N–H and O–H groups in total. The molecule has 0 radical (unpaired) electrons. The Hall–Kier alpha value is -10.5. The van der Waals surface area contributed by atoms with Crippen LogP contribution in [-0.2, 0) is 85.5 Å². The van der Waals surface area contributed by atoms with Crippen molar-refractivity contribution in [3.05, 3.63) is 259 Å². The highest BCUT2D eigenvalue weighted by Crippen LogP contribution is 2.45. The molecule has 1 aliphatic carbocycles. The van der Waals surface area contributed by atoms with Gasteiger partial charge in [-0.15, -0.1) is 0 Å². The zero-order valence-corrected chi connectivity index (χ0v) is 59.2. The van der Waals surface area contributed by atoms with E-state index in [1.54, 1.807) is 121 Å². The number of esters is 4. The van der Waals surface area contributed by atoms with Gasteiger partial charge in [-0.1, -0.05) is 253 Å². The van der Waals surface area contributed by atoms with Crippen LogP contribution >= 0.6 is 0 Å². The Morgan fingerprint density at radius 1 is 0.250 bits per heavy atom. The SMILES string of the molecule is CC(C)(C)c1cc2c(OCC(=O)OCC(=O)c3ccccc3)c(c1)Cc1cc(C(C)(C)C)cc(c1OCC(=O)OCC(=O)c1ccccc1)Cc1cc(C(C)(C)C)cc(c1OCC(=O)OCC(=O)c1ccccc1)Cc1cc(C(C)(C)C)cc(c1OCC(=O)OCC(=O)c1ccccc1)C2. The van der Waals surface area contributed by atoms with Crippen molar-refractivity contribution < 1.29 is 76.3 Å². The third-order valence-corrected chi connectivity index (χ3v) is 17.1. The van der Waals surface area contributed by atoms with E-state index in [1.807, 2.05) is 48.5 Å². The minimum Gasteiger partial charge on any atom is -0.481 e. The Labute approximate surface area is 585 Å². The number of hydrogen-bond donors (Lipinski definition) is 0. The third kappa shape index (κ3) is 19.9. The van der Waals surface area contributed by atoms with Crippen molar-refractivity contribution in [3.63, 3.8) is 0 Å². The maximum Gasteiger partial charge on any atom is 0.344 e. The zero-order chi connectivity index (χ0) is 72.1. The molecule has 0 saturated carbocycles. The monoisotopic (exact) mass is 1350 g/mol. The maximum atomic E-state index is 14.1. The smallest absolute Gasteiger partial charge is 0.344 e. The molecule has 0 fully saturated rings. The first-order valence-electron chi connectivity index (χ1n) is 33.5. The number of hydrogen-bond acceptors (Lipinski definition) is 16. The molecule has 8 bridgehead atoms. The van der Waals surface area contributed by atoms with Crippen molar-refractivity contribution in [2.75, 3.05) is 52.9 Å². The van der Waals surface area contributed by atoms with Crippen LogP contribution in [-0.4, -0.2) is 99.9 Å². The van der Waals surface area contributed by atoms with Crippen LogP contribution in [0.4, 0.5) is 0 Å². The number of ketones is 4. The Bertz CT molecular complexity index is 3670. The summed E-state index contributed by atoms with van der Waals surface area (Å²) < 4.78 is 49.8. The van der Waals surface area contributed by atoms with Crippen LogP contribution in [0, 0.1) is 0 Å². The Morgan fingerprint density at radius 3 is 0.560 bits per heavy atom. The molecule has 0 aromatic heterocycles. The summed E-state index contributed by atoms with van der Waals surface area (Å²) in [6.07, 6.45) is 0.206. The van der Waals surface area contributed by atoms with E-state index in [9.17, 15) is 38.4 Å². The molecule has 9 rings (SSSR count). The van der Waals surface area contributed by atoms with Crippen molar-refractivity contribution in [2.45, 2.75) is 130 Å². The van der Waals surface area contributed by atoms with Crippen LogP contribution in [0.5, 0.6) is 23.0 Å². The number of benzene rings is 8. The van der Waals surface area contributed by atoms with Gasteiger partial charge < -0.3 is 37.9 Å². The van der Waals surface area contributed by atoms with Gasteiger partial charge in [0.1, 0.15) is 23.0 Å². The number of ether oxygens (including phenoxy) is 8. The van der Waals surface area contributed by atoms with Crippen LogP contribution in [0.15, 0.2) is 170 Å². The Balaban J connectivity index is 1.27. The standard InChI is InChI=1S/C84H88O16/c1-81(2,3)65-37-57-33-59-39-66(82(4,5)6)41-61(78(59)98-50-74(90)94-46-70(86)54-27-19-14-20-28-54)35-63-43-68(84(10,11)12)44-64(80(63)100-52-76(92)96-48-72(88)56-31-23-16-24-32-56)36-62-42-67(83(7,8)9)40-60(79(62)99-51-75(91)95-47-71(87)55-29-21-15-22-30-55)34-58(38-65)77(57)97-49-73(89)93-45-69(85)53-25-17-13-18-26-53/h13-32,37-44H,33-36,45-52H2,1-12H3. The molecular formula is C84H88O16. The van der Waals surface area contributed by atoms with Gasteiger partial charge in [0.05, 0.1) is 0 Å². The van der Waals surface area contributed by atoms with E-state index >= 15 is 0 Å². The lowest BCUT2D eigenvalue weighted by Gasteiger charge is -2.29. The lowest BCUT2D eigenvalue weighted by atomic mass is 9.79. The van der Waals surface area contributed by atoms with E-state index in [2.05, 4.69) is 83.1 Å². The molecule has 0 amide bonds. The molecule has 0 unspecified atom stereocenters. The van der Waals surface area contributed by atoms with Crippen molar-refractivity contribution in [1.29, 1.82) is 0 Å². The largest absolute Gasteiger partial charge is 0.481 e. The summed E-state index contributed by atoms with van der Waals surface area (Å²) in [6, 6.07) is 50.1. The van der Waals surface area contributed by atoms with Gasteiger partial charge >= 0.3 is 23.9 Å². The van der Waals surface area contributed by atoms with Gasteiger partial charge in [-0.25, -0.2) is 19.2 Å². The van der Waals surface area contributed by atoms with E-state index in [1.165, 1.54) is 0 Å². The van der Waals surface area contributed by atoms with E-state index in [-0.39, 0.29) is 25.7 Å². The van der Waals surface area contributed by atoms with Crippen LogP contribution < -0.4 is 18.9 Å². The van der Waals surface area contributed by atoms with Crippen molar-refractivity contribution in [1.82, 2.24) is 0 Å². The van der Waals surface area contributed by atoms with E-state index in [4.69, 9.17) is 37.9 Å². The lowest BCUT2D eigenvalue weighted by Crippen LogP contribution is -2.23. The van der Waals surface area contributed by atoms with Crippen molar-refractivity contribution >= 4 is 47.0 Å². The summed E-state index contributed by atoms with van der Waals surface area (Å²) in [4.78, 5) is 110. The number of Topliss-reactive ketones (excluding diaryl/α,β-unsaturated/α-hetero) is 4. The van der Waals surface area contributed by atoms with Gasteiger partial charge in [-0.05, 0) is 88.4 Å². The topological polar surface area (TPSA) is 210 Å². The van der Waals surface area contributed by atoms with Gasteiger partial charge in [0.2, 0.25) is 0 Å². The van der Waals surface area contributed by atoms with E-state index in [0.29, 0.717) is 89.8 Å². The van der Waals surface area contributed by atoms with E-state index < -0.39 is 122 Å². The molecule has 100 heavy (non-hydrogen) atoms. The molecule has 0 spiro atoms. The fourth-order valence-electron chi connectivity index (χ4n) is 11.5. The van der Waals surface area contributed by atoms with Gasteiger partial charge in [-0.3, -0.25) is 19.2 Å².